The normalized spacial score (nSPS) is 10.4. The van der Waals surface area contributed by atoms with Crippen LogP contribution in [0.25, 0.3) is 0 Å². The van der Waals surface area contributed by atoms with E-state index in [-0.39, 0.29) is 30.1 Å². The van der Waals surface area contributed by atoms with Crippen molar-refractivity contribution >= 4 is 27.9 Å². The van der Waals surface area contributed by atoms with E-state index < -0.39 is 11.9 Å². The van der Waals surface area contributed by atoms with E-state index in [0.717, 1.165) is 5.56 Å². The van der Waals surface area contributed by atoms with Crippen molar-refractivity contribution in [3.63, 3.8) is 0 Å². The third kappa shape index (κ3) is 6.67. The molecule has 0 atom stereocenters. The zero-order valence-corrected chi connectivity index (χ0v) is 19.2. The molecule has 166 valence electrons. The molecule has 0 bridgehead atoms. The third-order valence-electron chi connectivity index (χ3n) is 4.48. The van der Waals surface area contributed by atoms with Gasteiger partial charge in [0, 0.05) is 18.0 Å². The summed E-state index contributed by atoms with van der Waals surface area (Å²) in [6.07, 6.45) is 0.592. The van der Waals surface area contributed by atoms with Gasteiger partial charge in [-0.3, -0.25) is 0 Å². The Morgan fingerprint density at radius 1 is 0.781 bits per heavy atom. The van der Waals surface area contributed by atoms with Crippen LogP contribution >= 0.6 is 15.9 Å². The summed E-state index contributed by atoms with van der Waals surface area (Å²) in [6.45, 7) is 0.874. The van der Waals surface area contributed by atoms with Crippen molar-refractivity contribution in [2.24, 2.45) is 0 Å². The van der Waals surface area contributed by atoms with E-state index in [1.54, 1.807) is 49.6 Å². The van der Waals surface area contributed by atoms with Gasteiger partial charge in [-0.05, 0) is 35.9 Å². The van der Waals surface area contributed by atoms with Gasteiger partial charge in [0.1, 0.15) is 29.2 Å². The van der Waals surface area contributed by atoms with Gasteiger partial charge in [-0.25, -0.2) is 9.59 Å². The summed E-state index contributed by atoms with van der Waals surface area (Å²) >= 11 is 3.36. The number of hydrogen-bond donors (Lipinski definition) is 0. The van der Waals surface area contributed by atoms with Crippen molar-refractivity contribution in [2.45, 2.75) is 6.42 Å². The molecule has 6 nitrogen and oxygen atoms in total. The summed E-state index contributed by atoms with van der Waals surface area (Å²) in [5, 5.41) is 0. The van der Waals surface area contributed by atoms with Gasteiger partial charge in [0.25, 0.3) is 0 Å². The second kappa shape index (κ2) is 12.0. The van der Waals surface area contributed by atoms with Crippen molar-refractivity contribution in [1.82, 2.24) is 0 Å². The first-order valence-corrected chi connectivity index (χ1v) is 10.8. The Labute approximate surface area is 195 Å². The lowest BCUT2D eigenvalue weighted by molar-refractivity contribution is 0.0503. The van der Waals surface area contributed by atoms with E-state index in [4.69, 9.17) is 18.9 Å². The molecule has 32 heavy (non-hydrogen) atoms. The molecule has 0 unspecified atom stereocenters. The summed E-state index contributed by atoms with van der Waals surface area (Å²) in [5.74, 6) is -0.735. The Balaban J connectivity index is 1.70. The van der Waals surface area contributed by atoms with Crippen LogP contribution in [0.5, 0.6) is 11.5 Å². The van der Waals surface area contributed by atoms with E-state index in [2.05, 4.69) is 15.9 Å². The highest BCUT2D eigenvalue weighted by Crippen LogP contribution is 2.27. The smallest absolute Gasteiger partial charge is 0.347 e. The summed E-state index contributed by atoms with van der Waals surface area (Å²) in [6, 6.07) is 21.2. The summed E-state index contributed by atoms with van der Waals surface area (Å²) < 4.78 is 22.2. The number of hydrogen-bond acceptors (Lipinski definition) is 6. The molecule has 0 N–H and O–H groups in total. The SMILES string of the molecule is COCCOc1ccc(Br)cc1C(=O)Oc1ccccc1C(=O)OCCc1ccccc1. The minimum Gasteiger partial charge on any atom is -0.490 e. The summed E-state index contributed by atoms with van der Waals surface area (Å²) in [4.78, 5) is 25.5. The number of rotatable bonds is 10. The van der Waals surface area contributed by atoms with Crippen LogP contribution in [0.15, 0.2) is 77.3 Å². The average molecular weight is 499 g/mol. The van der Waals surface area contributed by atoms with Crippen LogP contribution in [0.1, 0.15) is 26.3 Å². The molecule has 0 radical (unpaired) electrons. The minimum atomic E-state index is -0.650. The fourth-order valence-corrected chi connectivity index (χ4v) is 3.25. The second-order valence-corrected chi connectivity index (χ2v) is 7.65. The Bertz CT molecular complexity index is 1050. The fourth-order valence-electron chi connectivity index (χ4n) is 2.89. The average Bonchev–Trinajstić information content (AvgIpc) is 2.81. The molecule has 3 rings (SSSR count). The predicted octanol–water partition coefficient (Wildman–Crippen LogP) is 5.09. The summed E-state index contributed by atoms with van der Waals surface area (Å²) in [5.41, 5.74) is 1.46. The molecule has 0 saturated carbocycles. The van der Waals surface area contributed by atoms with Gasteiger partial charge in [0.15, 0.2) is 0 Å². The molecule has 3 aromatic rings. The van der Waals surface area contributed by atoms with Crippen molar-refractivity contribution in [2.75, 3.05) is 26.9 Å². The van der Waals surface area contributed by atoms with Crippen LogP contribution < -0.4 is 9.47 Å². The lowest BCUT2D eigenvalue weighted by atomic mass is 10.1. The first-order valence-electron chi connectivity index (χ1n) is 10.0. The standard InChI is InChI=1S/C25H23BrO6/c1-29-15-16-30-22-12-11-19(26)17-21(22)25(28)32-23-10-6-5-9-20(23)24(27)31-14-13-18-7-3-2-4-8-18/h2-12,17H,13-16H2,1H3. The molecular formula is C25H23BrO6. The molecule has 0 aliphatic rings. The van der Waals surface area contributed by atoms with Crippen LogP contribution in [0.4, 0.5) is 0 Å². The van der Waals surface area contributed by atoms with Gasteiger partial charge in [-0.1, -0.05) is 58.4 Å². The maximum absolute atomic E-state index is 12.9. The molecule has 0 amide bonds. The van der Waals surface area contributed by atoms with E-state index >= 15 is 0 Å². The van der Waals surface area contributed by atoms with Crippen molar-refractivity contribution in [3.05, 3.63) is 94.0 Å². The van der Waals surface area contributed by atoms with Gasteiger partial charge in [0.2, 0.25) is 0 Å². The third-order valence-corrected chi connectivity index (χ3v) is 4.98. The maximum Gasteiger partial charge on any atom is 0.347 e. The zero-order chi connectivity index (χ0) is 22.8. The maximum atomic E-state index is 12.9. The number of ether oxygens (including phenoxy) is 4. The Morgan fingerprint density at radius 2 is 1.53 bits per heavy atom. The lowest BCUT2D eigenvalue weighted by Gasteiger charge is -2.13. The molecule has 0 aliphatic carbocycles. The zero-order valence-electron chi connectivity index (χ0n) is 17.6. The number of para-hydroxylation sites is 1. The van der Waals surface area contributed by atoms with Crippen LogP contribution in [0.2, 0.25) is 0 Å². The number of esters is 2. The van der Waals surface area contributed by atoms with Crippen LogP contribution in [-0.2, 0) is 15.9 Å². The molecular weight excluding hydrogens is 476 g/mol. The molecule has 0 heterocycles. The Morgan fingerprint density at radius 3 is 2.31 bits per heavy atom. The highest BCUT2D eigenvalue weighted by atomic mass is 79.9. The molecule has 0 aromatic heterocycles. The fraction of sp³-hybridized carbons (Fsp3) is 0.200. The van der Waals surface area contributed by atoms with E-state index in [1.165, 1.54) is 0 Å². The van der Waals surface area contributed by atoms with Gasteiger partial charge in [-0.15, -0.1) is 0 Å². The quantitative estimate of drug-likeness (QED) is 0.220. The molecule has 0 saturated heterocycles. The first-order chi connectivity index (χ1) is 15.6. The van der Waals surface area contributed by atoms with Gasteiger partial charge in [0.05, 0.1) is 13.2 Å². The largest absolute Gasteiger partial charge is 0.490 e. The monoisotopic (exact) mass is 498 g/mol. The molecule has 0 spiro atoms. The summed E-state index contributed by atoms with van der Waals surface area (Å²) in [7, 11) is 1.57. The molecule has 7 heteroatoms. The van der Waals surface area contributed by atoms with Crippen LogP contribution in [0, 0.1) is 0 Å². The lowest BCUT2D eigenvalue weighted by Crippen LogP contribution is -2.15. The number of halogens is 1. The second-order valence-electron chi connectivity index (χ2n) is 6.74. The van der Waals surface area contributed by atoms with Crippen molar-refractivity contribution < 1.29 is 28.5 Å². The highest BCUT2D eigenvalue weighted by Gasteiger charge is 2.20. The number of carbonyl (C=O) groups excluding carboxylic acids is 2. The number of methoxy groups -OCH3 is 1. The van der Waals surface area contributed by atoms with E-state index in [1.807, 2.05) is 30.3 Å². The molecule has 0 aliphatic heterocycles. The van der Waals surface area contributed by atoms with Gasteiger partial charge >= 0.3 is 11.9 Å². The van der Waals surface area contributed by atoms with Crippen molar-refractivity contribution in [1.29, 1.82) is 0 Å². The van der Waals surface area contributed by atoms with Crippen LogP contribution in [-0.4, -0.2) is 38.9 Å². The van der Waals surface area contributed by atoms with Gasteiger partial charge in [-0.2, -0.15) is 0 Å². The molecule has 0 fully saturated rings. The van der Waals surface area contributed by atoms with Crippen molar-refractivity contribution in [3.8, 4) is 11.5 Å². The number of benzene rings is 3. The van der Waals surface area contributed by atoms with E-state index in [9.17, 15) is 9.59 Å². The first kappa shape index (κ1) is 23.5. The van der Waals surface area contributed by atoms with E-state index in [0.29, 0.717) is 23.2 Å². The van der Waals surface area contributed by atoms with Gasteiger partial charge < -0.3 is 18.9 Å². The topological polar surface area (TPSA) is 71.1 Å². The Kier molecular flexibility index (Phi) is 8.83. The Hall–Kier alpha value is -3.16. The molecule has 3 aromatic carbocycles. The number of carbonyl (C=O) groups is 2. The van der Waals surface area contributed by atoms with Crippen LogP contribution in [0.3, 0.4) is 0 Å². The highest BCUT2D eigenvalue weighted by molar-refractivity contribution is 9.10. The predicted molar refractivity (Wildman–Crippen MR) is 123 cm³/mol. The minimum absolute atomic E-state index is 0.116.